The molecule has 0 N–H and O–H groups in total. The molecule has 66 valence electrons. The highest BCUT2D eigenvalue weighted by Gasteiger charge is 2.12. The lowest BCUT2D eigenvalue weighted by Crippen LogP contribution is -2.10. The van der Waals surface area contributed by atoms with Gasteiger partial charge in [-0.2, -0.15) is 10.2 Å². The second kappa shape index (κ2) is 3.40. The molecule has 1 rings (SSSR count). The fraction of sp³-hybridized carbons (Fsp3) is 0.556. The molecule has 0 aromatic carbocycles. The molecule has 0 atom stereocenters. The Morgan fingerprint density at radius 3 is 2.58 bits per heavy atom. The third-order valence-corrected chi connectivity index (χ3v) is 1.59. The number of halogens is 1. The van der Waals surface area contributed by atoms with Gasteiger partial charge in [-0.15, -0.1) is 0 Å². The first-order valence-electron chi connectivity index (χ1n) is 3.94. The van der Waals surface area contributed by atoms with E-state index in [4.69, 9.17) is 11.6 Å². The second-order valence-electron chi connectivity index (χ2n) is 4.10. The van der Waals surface area contributed by atoms with Crippen LogP contribution in [0.4, 0.5) is 0 Å². The van der Waals surface area contributed by atoms with Crippen LogP contribution in [-0.4, -0.2) is 10.2 Å². The number of hydrogen-bond donors (Lipinski definition) is 0. The van der Waals surface area contributed by atoms with Gasteiger partial charge in [0.15, 0.2) is 0 Å². The lowest BCUT2D eigenvalue weighted by molar-refractivity contribution is 0.404. The van der Waals surface area contributed by atoms with E-state index in [1.807, 2.05) is 6.07 Å². The predicted molar refractivity (Wildman–Crippen MR) is 50.2 cm³/mol. The zero-order chi connectivity index (χ0) is 9.19. The van der Waals surface area contributed by atoms with Gasteiger partial charge in [-0.3, -0.25) is 0 Å². The Morgan fingerprint density at radius 2 is 2.08 bits per heavy atom. The number of hydrogen-bond acceptors (Lipinski definition) is 2. The molecule has 0 amide bonds. The molecular weight excluding hydrogens is 172 g/mol. The Balaban J connectivity index is 2.77. The molecule has 0 spiro atoms. The molecule has 2 nitrogen and oxygen atoms in total. The first kappa shape index (κ1) is 9.46. The lowest BCUT2D eigenvalue weighted by atomic mass is 9.90. The largest absolute Gasteiger partial charge is 0.157 e. The van der Waals surface area contributed by atoms with Crippen molar-refractivity contribution in [3.05, 3.63) is 23.0 Å². The zero-order valence-corrected chi connectivity index (χ0v) is 8.39. The summed E-state index contributed by atoms with van der Waals surface area (Å²) in [6, 6.07) is 1.86. The van der Waals surface area contributed by atoms with Gasteiger partial charge < -0.3 is 0 Å². The second-order valence-corrected chi connectivity index (χ2v) is 4.54. The van der Waals surface area contributed by atoms with Crippen LogP contribution < -0.4 is 0 Å². The molecule has 1 aromatic heterocycles. The summed E-state index contributed by atoms with van der Waals surface area (Å²) in [5.74, 6) is 0. The highest BCUT2D eigenvalue weighted by molar-refractivity contribution is 6.30. The SMILES string of the molecule is CC(C)(C)Cc1cc(Cl)cnn1. The molecule has 0 aliphatic heterocycles. The summed E-state index contributed by atoms with van der Waals surface area (Å²) in [5, 5.41) is 8.43. The van der Waals surface area contributed by atoms with E-state index in [2.05, 4.69) is 31.0 Å². The summed E-state index contributed by atoms with van der Waals surface area (Å²) >= 11 is 5.77. The van der Waals surface area contributed by atoms with Crippen molar-refractivity contribution in [2.24, 2.45) is 5.41 Å². The number of nitrogens with zero attached hydrogens (tertiary/aromatic N) is 2. The van der Waals surface area contributed by atoms with Crippen molar-refractivity contribution in [2.75, 3.05) is 0 Å². The van der Waals surface area contributed by atoms with Gasteiger partial charge in [0, 0.05) is 0 Å². The van der Waals surface area contributed by atoms with Gasteiger partial charge >= 0.3 is 0 Å². The van der Waals surface area contributed by atoms with Crippen LogP contribution in [0, 0.1) is 5.41 Å². The maximum atomic E-state index is 5.77. The summed E-state index contributed by atoms with van der Waals surface area (Å²) in [7, 11) is 0. The van der Waals surface area contributed by atoms with E-state index in [9.17, 15) is 0 Å². The Bertz CT molecular complexity index is 265. The van der Waals surface area contributed by atoms with Crippen molar-refractivity contribution in [3.8, 4) is 0 Å². The van der Waals surface area contributed by atoms with Gasteiger partial charge in [0.1, 0.15) is 0 Å². The van der Waals surface area contributed by atoms with E-state index >= 15 is 0 Å². The summed E-state index contributed by atoms with van der Waals surface area (Å²) < 4.78 is 0. The molecule has 1 heterocycles. The lowest BCUT2D eigenvalue weighted by Gasteiger charge is -2.16. The molecular formula is C9H13ClN2. The van der Waals surface area contributed by atoms with Crippen molar-refractivity contribution >= 4 is 11.6 Å². The summed E-state index contributed by atoms with van der Waals surface area (Å²) in [4.78, 5) is 0. The van der Waals surface area contributed by atoms with Gasteiger partial charge in [0.05, 0.1) is 16.9 Å². The third-order valence-electron chi connectivity index (χ3n) is 1.38. The van der Waals surface area contributed by atoms with Crippen LogP contribution in [0.3, 0.4) is 0 Å². The summed E-state index contributed by atoms with van der Waals surface area (Å²) in [6.07, 6.45) is 2.45. The Hall–Kier alpha value is -0.630. The zero-order valence-electron chi connectivity index (χ0n) is 7.63. The Morgan fingerprint density at radius 1 is 1.42 bits per heavy atom. The molecule has 0 unspecified atom stereocenters. The van der Waals surface area contributed by atoms with E-state index in [1.54, 1.807) is 6.20 Å². The molecule has 0 saturated carbocycles. The van der Waals surface area contributed by atoms with Crippen molar-refractivity contribution in [2.45, 2.75) is 27.2 Å². The van der Waals surface area contributed by atoms with Crippen LogP contribution in [0.2, 0.25) is 5.02 Å². The first-order chi connectivity index (χ1) is 5.47. The first-order valence-corrected chi connectivity index (χ1v) is 4.32. The maximum Gasteiger partial charge on any atom is 0.0682 e. The van der Waals surface area contributed by atoms with E-state index in [-0.39, 0.29) is 5.41 Å². The van der Waals surface area contributed by atoms with E-state index < -0.39 is 0 Å². The molecule has 3 heteroatoms. The molecule has 0 radical (unpaired) electrons. The quantitative estimate of drug-likeness (QED) is 0.671. The fourth-order valence-electron chi connectivity index (χ4n) is 1.01. The highest BCUT2D eigenvalue weighted by atomic mass is 35.5. The molecule has 0 aliphatic carbocycles. The van der Waals surface area contributed by atoms with Crippen LogP contribution in [0.1, 0.15) is 26.5 Å². The average molecular weight is 185 g/mol. The van der Waals surface area contributed by atoms with Crippen molar-refractivity contribution < 1.29 is 0 Å². The van der Waals surface area contributed by atoms with Gasteiger partial charge in [0.25, 0.3) is 0 Å². The standard InChI is InChI=1S/C9H13ClN2/c1-9(2,3)5-8-4-7(10)6-11-12-8/h4,6H,5H2,1-3H3. The average Bonchev–Trinajstić information content (AvgIpc) is 1.82. The van der Waals surface area contributed by atoms with Gasteiger partial charge in [-0.1, -0.05) is 32.4 Å². The topological polar surface area (TPSA) is 25.8 Å². The van der Waals surface area contributed by atoms with Crippen LogP contribution in [-0.2, 0) is 6.42 Å². The molecule has 0 bridgehead atoms. The highest BCUT2D eigenvalue weighted by Crippen LogP contribution is 2.19. The van der Waals surface area contributed by atoms with Crippen molar-refractivity contribution in [1.29, 1.82) is 0 Å². The molecule has 0 aliphatic rings. The fourth-order valence-corrected chi connectivity index (χ4v) is 1.18. The van der Waals surface area contributed by atoms with Crippen molar-refractivity contribution in [3.63, 3.8) is 0 Å². The minimum Gasteiger partial charge on any atom is -0.157 e. The minimum atomic E-state index is 0.235. The van der Waals surface area contributed by atoms with Crippen molar-refractivity contribution in [1.82, 2.24) is 10.2 Å². The molecule has 1 aromatic rings. The van der Waals surface area contributed by atoms with Gasteiger partial charge in [0.2, 0.25) is 0 Å². The maximum absolute atomic E-state index is 5.77. The summed E-state index contributed by atoms with van der Waals surface area (Å²) in [5.41, 5.74) is 1.19. The van der Waals surface area contributed by atoms with E-state index in [1.165, 1.54) is 0 Å². The normalized spacial score (nSPS) is 11.7. The van der Waals surface area contributed by atoms with Crippen LogP contribution >= 0.6 is 11.6 Å². The summed E-state index contributed by atoms with van der Waals surface area (Å²) in [6.45, 7) is 6.49. The van der Waals surface area contributed by atoms with Crippen LogP contribution in [0.15, 0.2) is 12.3 Å². The Kier molecular flexibility index (Phi) is 2.68. The third kappa shape index (κ3) is 3.18. The molecule has 0 fully saturated rings. The molecule has 0 saturated heterocycles. The monoisotopic (exact) mass is 184 g/mol. The number of rotatable bonds is 1. The smallest absolute Gasteiger partial charge is 0.0682 e. The van der Waals surface area contributed by atoms with Crippen LogP contribution in [0.25, 0.3) is 0 Å². The van der Waals surface area contributed by atoms with Crippen LogP contribution in [0.5, 0.6) is 0 Å². The van der Waals surface area contributed by atoms with Gasteiger partial charge in [-0.05, 0) is 17.9 Å². The Labute approximate surface area is 78.0 Å². The minimum absolute atomic E-state index is 0.235. The van der Waals surface area contributed by atoms with Gasteiger partial charge in [-0.25, -0.2) is 0 Å². The van der Waals surface area contributed by atoms with E-state index in [0.717, 1.165) is 12.1 Å². The molecule has 12 heavy (non-hydrogen) atoms. The number of aromatic nitrogens is 2. The predicted octanol–water partition coefficient (Wildman–Crippen LogP) is 2.72. The van der Waals surface area contributed by atoms with E-state index in [0.29, 0.717) is 5.02 Å².